The van der Waals surface area contributed by atoms with Gasteiger partial charge in [0.25, 0.3) is 5.69 Å². The molecule has 1 unspecified atom stereocenters. The molecular formula is C15H17ClN6O3S. The lowest BCUT2D eigenvalue weighted by molar-refractivity contribution is -0.384. The summed E-state index contributed by atoms with van der Waals surface area (Å²) in [6.45, 7) is 1.72. The van der Waals surface area contributed by atoms with Crippen LogP contribution in [0.15, 0.2) is 23.4 Å². The molecule has 0 radical (unpaired) electrons. The molecule has 1 heterocycles. The highest BCUT2D eigenvalue weighted by molar-refractivity contribution is 8.00. The molecule has 0 aliphatic heterocycles. The molecule has 1 aliphatic rings. The minimum absolute atomic E-state index is 0.143. The first-order valence-electron chi connectivity index (χ1n) is 8.15. The maximum Gasteiger partial charge on any atom is 0.271 e. The second-order valence-corrected chi connectivity index (χ2v) is 7.73. The molecule has 1 aromatic carbocycles. The van der Waals surface area contributed by atoms with E-state index in [2.05, 4.69) is 20.8 Å². The number of rotatable bonds is 6. The Hall–Kier alpha value is -2.20. The number of nitro benzene ring substituents is 1. The van der Waals surface area contributed by atoms with Gasteiger partial charge < -0.3 is 5.32 Å². The van der Waals surface area contributed by atoms with Crippen molar-refractivity contribution >= 4 is 40.6 Å². The number of anilines is 1. The maximum atomic E-state index is 12.5. The van der Waals surface area contributed by atoms with Gasteiger partial charge in [0.15, 0.2) is 0 Å². The van der Waals surface area contributed by atoms with Crippen LogP contribution < -0.4 is 5.32 Å². The molecule has 9 nitrogen and oxygen atoms in total. The molecule has 1 amide bonds. The standard InChI is InChI=1S/C15H17ClN6O3S/c1-9(26-15-18-19-20-21(15)10-4-2-3-5-10)14(23)17-13-8-11(22(24)25)6-7-12(13)16/h6-10H,2-5H2,1H3,(H,17,23). The van der Waals surface area contributed by atoms with Crippen molar-refractivity contribution in [3.05, 3.63) is 33.3 Å². The van der Waals surface area contributed by atoms with Crippen LogP contribution in [-0.4, -0.2) is 36.3 Å². The third-order valence-electron chi connectivity index (χ3n) is 4.20. The molecule has 26 heavy (non-hydrogen) atoms. The maximum absolute atomic E-state index is 12.5. The number of hydrogen-bond donors (Lipinski definition) is 1. The van der Waals surface area contributed by atoms with Crippen molar-refractivity contribution in [3.63, 3.8) is 0 Å². The summed E-state index contributed by atoms with van der Waals surface area (Å²) >= 11 is 7.27. The molecule has 0 saturated heterocycles. The number of carbonyl (C=O) groups is 1. The first-order valence-corrected chi connectivity index (χ1v) is 9.41. The van der Waals surface area contributed by atoms with Gasteiger partial charge in [-0.25, -0.2) is 4.68 Å². The Morgan fingerprint density at radius 1 is 1.46 bits per heavy atom. The van der Waals surface area contributed by atoms with E-state index in [0.29, 0.717) is 5.16 Å². The number of nitrogens with zero attached hydrogens (tertiary/aromatic N) is 5. The fraction of sp³-hybridized carbons (Fsp3) is 0.467. The Balaban J connectivity index is 1.68. The summed E-state index contributed by atoms with van der Waals surface area (Å²) in [5.41, 5.74) is 0.0592. The zero-order valence-corrected chi connectivity index (χ0v) is 15.5. The monoisotopic (exact) mass is 396 g/mol. The molecule has 1 saturated carbocycles. The van der Waals surface area contributed by atoms with Crippen molar-refractivity contribution < 1.29 is 9.72 Å². The fourth-order valence-corrected chi connectivity index (χ4v) is 3.83. The molecule has 1 N–H and O–H groups in total. The smallest absolute Gasteiger partial charge is 0.271 e. The molecular weight excluding hydrogens is 380 g/mol. The molecule has 1 atom stereocenters. The number of carbonyl (C=O) groups excluding carboxylic acids is 1. The Labute approximate surface area is 158 Å². The molecule has 1 aromatic heterocycles. The van der Waals surface area contributed by atoms with Crippen LogP contribution in [0.5, 0.6) is 0 Å². The molecule has 1 aliphatic carbocycles. The van der Waals surface area contributed by atoms with Crippen LogP contribution in [0, 0.1) is 10.1 Å². The predicted octanol–water partition coefficient (Wildman–Crippen LogP) is 3.47. The van der Waals surface area contributed by atoms with Crippen molar-refractivity contribution in [1.29, 1.82) is 0 Å². The largest absolute Gasteiger partial charge is 0.324 e. The number of amides is 1. The van der Waals surface area contributed by atoms with Gasteiger partial charge in [-0.3, -0.25) is 14.9 Å². The number of benzene rings is 1. The molecule has 0 bridgehead atoms. The molecule has 3 rings (SSSR count). The van der Waals surface area contributed by atoms with E-state index >= 15 is 0 Å². The van der Waals surface area contributed by atoms with E-state index in [1.165, 1.54) is 30.0 Å². The third-order valence-corrected chi connectivity index (χ3v) is 5.58. The summed E-state index contributed by atoms with van der Waals surface area (Å²) in [7, 11) is 0. The molecule has 11 heteroatoms. The number of halogens is 1. The highest BCUT2D eigenvalue weighted by Gasteiger charge is 2.25. The lowest BCUT2D eigenvalue weighted by Gasteiger charge is -2.14. The van der Waals surface area contributed by atoms with E-state index in [-0.39, 0.29) is 28.3 Å². The summed E-state index contributed by atoms with van der Waals surface area (Å²) in [6.07, 6.45) is 4.36. The van der Waals surface area contributed by atoms with Gasteiger partial charge in [-0.05, 0) is 36.3 Å². The number of non-ortho nitro benzene ring substituents is 1. The van der Waals surface area contributed by atoms with Gasteiger partial charge in [-0.15, -0.1) is 5.10 Å². The quantitative estimate of drug-likeness (QED) is 0.451. The zero-order valence-electron chi connectivity index (χ0n) is 14.0. The zero-order chi connectivity index (χ0) is 18.7. The average Bonchev–Trinajstić information content (AvgIpc) is 3.27. The lowest BCUT2D eigenvalue weighted by atomic mass is 10.2. The van der Waals surface area contributed by atoms with Gasteiger partial charge in [-0.1, -0.05) is 36.2 Å². The van der Waals surface area contributed by atoms with Gasteiger partial charge >= 0.3 is 0 Å². The molecule has 138 valence electrons. The van der Waals surface area contributed by atoms with Crippen LogP contribution >= 0.6 is 23.4 Å². The van der Waals surface area contributed by atoms with E-state index in [1.54, 1.807) is 11.6 Å². The predicted molar refractivity (Wildman–Crippen MR) is 97.4 cm³/mol. The van der Waals surface area contributed by atoms with Crippen molar-refractivity contribution in [2.24, 2.45) is 0 Å². The van der Waals surface area contributed by atoms with Crippen LogP contribution in [0.4, 0.5) is 11.4 Å². The van der Waals surface area contributed by atoms with E-state index in [0.717, 1.165) is 25.7 Å². The molecule has 1 fully saturated rings. The number of nitro groups is 1. The van der Waals surface area contributed by atoms with Crippen LogP contribution in [0.2, 0.25) is 5.02 Å². The van der Waals surface area contributed by atoms with Gasteiger partial charge in [0.1, 0.15) is 0 Å². The van der Waals surface area contributed by atoms with Crippen LogP contribution in [0.25, 0.3) is 0 Å². The summed E-state index contributed by atoms with van der Waals surface area (Å²) in [5, 5.41) is 25.6. The molecule has 2 aromatic rings. The summed E-state index contributed by atoms with van der Waals surface area (Å²) in [4.78, 5) is 22.8. The normalized spacial score (nSPS) is 15.8. The van der Waals surface area contributed by atoms with Crippen molar-refractivity contribution in [1.82, 2.24) is 20.2 Å². The van der Waals surface area contributed by atoms with Crippen LogP contribution in [0.3, 0.4) is 0 Å². The minimum atomic E-state index is -0.542. The summed E-state index contributed by atoms with van der Waals surface area (Å²) in [5.74, 6) is -0.335. The van der Waals surface area contributed by atoms with Crippen molar-refractivity contribution in [2.75, 3.05) is 5.32 Å². The number of aromatic nitrogens is 4. The Kier molecular flexibility index (Phi) is 5.72. The number of nitrogens with one attached hydrogen (secondary N) is 1. The second kappa shape index (κ2) is 8.00. The first-order chi connectivity index (χ1) is 12.5. The van der Waals surface area contributed by atoms with Crippen molar-refractivity contribution in [3.8, 4) is 0 Å². The van der Waals surface area contributed by atoms with Crippen LogP contribution in [-0.2, 0) is 4.79 Å². The Bertz CT molecular complexity index is 823. The van der Waals surface area contributed by atoms with E-state index in [9.17, 15) is 14.9 Å². The highest BCUT2D eigenvalue weighted by Crippen LogP contribution is 2.33. The van der Waals surface area contributed by atoms with Gasteiger partial charge in [0.2, 0.25) is 11.1 Å². The summed E-state index contributed by atoms with van der Waals surface area (Å²) in [6, 6.07) is 4.17. The van der Waals surface area contributed by atoms with E-state index < -0.39 is 10.2 Å². The fourth-order valence-electron chi connectivity index (χ4n) is 2.81. The Morgan fingerprint density at radius 2 is 2.19 bits per heavy atom. The van der Waals surface area contributed by atoms with Gasteiger partial charge in [0, 0.05) is 12.1 Å². The topological polar surface area (TPSA) is 116 Å². The number of hydrogen-bond acceptors (Lipinski definition) is 7. The van der Waals surface area contributed by atoms with E-state index in [1.807, 2.05) is 0 Å². The molecule has 0 spiro atoms. The van der Waals surface area contributed by atoms with Gasteiger partial charge in [-0.2, -0.15) is 0 Å². The van der Waals surface area contributed by atoms with Crippen molar-refractivity contribution in [2.45, 2.75) is 49.1 Å². The SMILES string of the molecule is CC(Sc1nnnn1C1CCCC1)C(=O)Nc1cc([N+](=O)[O-])ccc1Cl. The number of thioether (sulfide) groups is 1. The average molecular weight is 397 g/mol. The Morgan fingerprint density at radius 3 is 2.88 bits per heavy atom. The first kappa shape index (κ1) is 18.6. The number of tetrazole rings is 1. The third kappa shape index (κ3) is 4.13. The van der Waals surface area contributed by atoms with Gasteiger partial charge in [0.05, 0.1) is 26.9 Å². The second-order valence-electron chi connectivity index (χ2n) is 6.01. The van der Waals surface area contributed by atoms with Crippen LogP contribution in [0.1, 0.15) is 38.6 Å². The highest BCUT2D eigenvalue weighted by atomic mass is 35.5. The summed E-state index contributed by atoms with van der Waals surface area (Å²) < 4.78 is 1.78. The van der Waals surface area contributed by atoms with E-state index in [4.69, 9.17) is 11.6 Å². The lowest BCUT2D eigenvalue weighted by Crippen LogP contribution is -2.23. The minimum Gasteiger partial charge on any atom is -0.324 e.